The van der Waals surface area contributed by atoms with E-state index in [9.17, 15) is 9.59 Å². The molecule has 0 unspecified atom stereocenters. The molecule has 0 aliphatic carbocycles. The number of morpholine rings is 1. The Labute approximate surface area is 222 Å². The van der Waals surface area contributed by atoms with Crippen molar-refractivity contribution in [2.24, 2.45) is 12.1 Å². The van der Waals surface area contributed by atoms with Gasteiger partial charge < -0.3 is 23.4 Å². The fraction of sp³-hybridized carbons (Fsp3) is 0.393. The van der Waals surface area contributed by atoms with Gasteiger partial charge in [-0.1, -0.05) is 18.2 Å². The number of benzene rings is 1. The number of methoxy groups -OCH3 is 1. The summed E-state index contributed by atoms with van der Waals surface area (Å²) in [6.07, 6.45) is 3.95. The van der Waals surface area contributed by atoms with Crippen LogP contribution in [0.2, 0.25) is 0 Å². The number of aryl methyl sites for hydroxylation is 1. The minimum absolute atomic E-state index is 0.126. The van der Waals surface area contributed by atoms with Gasteiger partial charge in [-0.25, -0.2) is 5.01 Å². The zero-order valence-corrected chi connectivity index (χ0v) is 21.8. The summed E-state index contributed by atoms with van der Waals surface area (Å²) in [5.74, 6) is 0.299. The van der Waals surface area contributed by atoms with E-state index in [-0.39, 0.29) is 30.2 Å². The first-order valence-electron chi connectivity index (χ1n) is 12.8. The van der Waals surface area contributed by atoms with Gasteiger partial charge in [-0.15, -0.1) is 0 Å². The first kappa shape index (κ1) is 25.7. The third-order valence-corrected chi connectivity index (χ3v) is 7.04. The van der Waals surface area contributed by atoms with Crippen molar-refractivity contribution in [2.45, 2.75) is 12.5 Å². The highest BCUT2D eigenvalue weighted by Crippen LogP contribution is 2.37. The van der Waals surface area contributed by atoms with Gasteiger partial charge >= 0.3 is 0 Å². The molecule has 2 aliphatic heterocycles. The quantitative estimate of drug-likeness (QED) is 0.432. The number of hydrogen-bond donors (Lipinski definition) is 0. The first-order valence-corrected chi connectivity index (χ1v) is 12.8. The minimum atomic E-state index is -0.358. The lowest BCUT2D eigenvalue weighted by Gasteiger charge is -2.31. The second kappa shape index (κ2) is 11.7. The van der Waals surface area contributed by atoms with Crippen molar-refractivity contribution in [3.63, 3.8) is 0 Å². The maximum absolute atomic E-state index is 13.9. The highest BCUT2D eigenvalue weighted by atomic mass is 16.5. The number of rotatable bonds is 9. The normalized spacial score (nSPS) is 17.9. The first-order chi connectivity index (χ1) is 18.5. The molecule has 4 heterocycles. The summed E-state index contributed by atoms with van der Waals surface area (Å²) in [5, 5.41) is 6.30. The SMILES string of the molecule is COc1ccccc1[C@@H]1CC(c2cccn2C)=NN1C(=O)CN(CCN1CCOCC1)C(=O)c1ccco1. The van der Waals surface area contributed by atoms with Crippen LogP contribution in [0, 0.1) is 0 Å². The van der Waals surface area contributed by atoms with Gasteiger partial charge in [0.15, 0.2) is 5.76 Å². The van der Waals surface area contributed by atoms with Crippen LogP contribution in [0.1, 0.15) is 34.3 Å². The lowest BCUT2D eigenvalue weighted by molar-refractivity contribution is -0.133. The number of carbonyl (C=O) groups is 2. The largest absolute Gasteiger partial charge is 0.496 e. The van der Waals surface area contributed by atoms with E-state index in [1.54, 1.807) is 24.1 Å². The number of hydrazone groups is 1. The summed E-state index contributed by atoms with van der Waals surface area (Å²) < 4.78 is 18.4. The standard InChI is InChI=1S/C28H33N5O5/c1-30-11-5-8-23(30)22-19-24(21-7-3-4-9-25(21)36-2)33(29-22)27(34)20-32(28(35)26-10-6-16-38-26)13-12-31-14-17-37-18-15-31/h3-11,16,24H,12-15,17-20H2,1-2H3/t24-/m0/s1. The van der Waals surface area contributed by atoms with Crippen molar-refractivity contribution in [3.8, 4) is 5.75 Å². The Hall–Kier alpha value is -3.89. The Morgan fingerprint density at radius 1 is 1.11 bits per heavy atom. The maximum Gasteiger partial charge on any atom is 0.290 e. The molecule has 10 nitrogen and oxygen atoms in total. The summed E-state index contributed by atoms with van der Waals surface area (Å²) in [5.41, 5.74) is 2.61. The molecule has 38 heavy (non-hydrogen) atoms. The summed E-state index contributed by atoms with van der Waals surface area (Å²) >= 11 is 0. The average Bonchev–Trinajstić information content (AvgIpc) is 3.72. The van der Waals surface area contributed by atoms with E-state index in [1.165, 1.54) is 11.3 Å². The topological polar surface area (TPSA) is 92.8 Å². The number of carbonyl (C=O) groups excluding carboxylic acids is 2. The summed E-state index contributed by atoms with van der Waals surface area (Å²) in [4.78, 5) is 31.0. The van der Waals surface area contributed by atoms with Gasteiger partial charge in [-0.2, -0.15) is 5.10 Å². The van der Waals surface area contributed by atoms with E-state index >= 15 is 0 Å². The molecule has 1 aromatic carbocycles. The zero-order chi connectivity index (χ0) is 26.5. The number of amides is 2. The van der Waals surface area contributed by atoms with E-state index in [0.717, 1.165) is 30.1 Å². The van der Waals surface area contributed by atoms with E-state index in [4.69, 9.17) is 19.0 Å². The molecule has 200 valence electrons. The van der Waals surface area contributed by atoms with Gasteiger partial charge in [0.1, 0.15) is 12.3 Å². The molecule has 0 radical (unpaired) electrons. The molecule has 1 saturated heterocycles. The van der Waals surface area contributed by atoms with Crippen molar-refractivity contribution in [1.29, 1.82) is 0 Å². The summed E-state index contributed by atoms with van der Waals surface area (Å²) in [6, 6.07) is 14.5. The number of hydrogen-bond acceptors (Lipinski definition) is 7. The van der Waals surface area contributed by atoms with Crippen LogP contribution in [0.25, 0.3) is 0 Å². The van der Waals surface area contributed by atoms with Crippen molar-refractivity contribution >= 4 is 17.5 Å². The summed E-state index contributed by atoms with van der Waals surface area (Å²) in [7, 11) is 3.57. The van der Waals surface area contributed by atoms with Crippen molar-refractivity contribution < 1.29 is 23.5 Å². The van der Waals surface area contributed by atoms with Gasteiger partial charge in [0.25, 0.3) is 11.8 Å². The third-order valence-electron chi connectivity index (χ3n) is 7.04. The highest BCUT2D eigenvalue weighted by molar-refractivity contribution is 6.02. The Kier molecular flexibility index (Phi) is 7.90. The van der Waals surface area contributed by atoms with Crippen LogP contribution in [0.5, 0.6) is 5.75 Å². The van der Waals surface area contributed by atoms with E-state index in [1.807, 2.05) is 54.2 Å². The van der Waals surface area contributed by atoms with Crippen LogP contribution in [0.3, 0.4) is 0 Å². The lowest BCUT2D eigenvalue weighted by atomic mass is 9.99. The van der Waals surface area contributed by atoms with Gasteiger partial charge in [-0.05, 0) is 30.3 Å². The number of furan rings is 1. The smallest absolute Gasteiger partial charge is 0.290 e. The number of para-hydroxylation sites is 1. The third kappa shape index (κ3) is 5.51. The summed E-state index contributed by atoms with van der Waals surface area (Å²) in [6.45, 7) is 3.81. The molecule has 2 aliphatic rings. The molecule has 2 aromatic heterocycles. The van der Waals surface area contributed by atoms with E-state index in [2.05, 4.69) is 4.90 Å². The minimum Gasteiger partial charge on any atom is -0.496 e. The molecule has 3 aromatic rings. The molecule has 0 bridgehead atoms. The Morgan fingerprint density at radius 2 is 1.92 bits per heavy atom. The molecule has 10 heteroatoms. The second-order valence-electron chi connectivity index (χ2n) is 9.41. The highest BCUT2D eigenvalue weighted by Gasteiger charge is 2.36. The maximum atomic E-state index is 13.9. The predicted octanol–water partition coefficient (Wildman–Crippen LogP) is 2.78. The van der Waals surface area contributed by atoms with Crippen LogP contribution < -0.4 is 4.74 Å². The lowest BCUT2D eigenvalue weighted by Crippen LogP contribution is -2.46. The fourth-order valence-electron chi connectivity index (χ4n) is 4.97. The molecule has 1 atom stereocenters. The molecule has 1 fully saturated rings. The van der Waals surface area contributed by atoms with Gasteiger partial charge in [0.05, 0.1) is 44.0 Å². The molecule has 0 spiro atoms. The van der Waals surface area contributed by atoms with Gasteiger partial charge in [0.2, 0.25) is 0 Å². The zero-order valence-electron chi connectivity index (χ0n) is 21.8. The molecular weight excluding hydrogens is 486 g/mol. The van der Waals surface area contributed by atoms with E-state index < -0.39 is 0 Å². The van der Waals surface area contributed by atoms with Crippen LogP contribution in [-0.4, -0.2) is 89.9 Å². The Balaban J connectivity index is 1.41. The average molecular weight is 520 g/mol. The number of aromatic nitrogens is 1. The van der Waals surface area contributed by atoms with Crippen molar-refractivity contribution in [1.82, 2.24) is 19.4 Å². The second-order valence-corrected chi connectivity index (χ2v) is 9.41. The van der Waals surface area contributed by atoms with Gasteiger partial charge in [-0.3, -0.25) is 14.5 Å². The molecule has 0 saturated carbocycles. The van der Waals surface area contributed by atoms with E-state index in [0.29, 0.717) is 38.5 Å². The van der Waals surface area contributed by atoms with Crippen LogP contribution in [0.4, 0.5) is 0 Å². The number of ether oxygens (including phenoxy) is 2. The fourth-order valence-corrected chi connectivity index (χ4v) is 4.97. The molecule has 2 amide bonds. The Bertz CT molecular complexity index is 1280. The van der Waals surface area contributed by atoms with Crippen molar-refractivity contribution in [3.05, 3.63) is 78.0 Å². The van der Waals surface area contributed by atoms with Crippen molar-refractivity contribution in [2.75, 3.05) is 53.0 Å². The van der Waals surface area contributed by atoms with Crippen LogP contribution in [-0.2, 0) is 16.6 Å². The molecular formula is C28H33N5O5. The monoisotopic (exact) mass is 519 g/mol. The molecule has 5 rings (SSSR count). The Morgan fingerprint density at radius 3 is 2.63 bits per heavy atom. The predicted molar refractivity (Wildman–Crippen MR) is 141 cm³/mol. The molecule has 0 N–H and O–H groups in total. The van der Waals surface area contributed by atoms with Crippen LogP contribution in [0.15, 0.2) is 70.5 Å². The number of nitrogens with zero attached hydrogens (tertiary/aromatic N) is 5. The van der Waals surface area contributed by atoms with Gasteiger partial charge in [0, 0.05) is 51.4 Å². The van der Waals surface area contributed by atoms with Crippen LogP contribution >= 0.6 is 0 Å².